The van der Waals surface area contributed by atoms with E-state index < -0.39 is 0 Å². The molecule has 0 bridgehead atoms. The van der Waals surface area contributed by atoms with Gasteiger partial charge in [-0.05, 0) is 24.1 Å². The minimum Gasteiger partial charge on any atom is -0.290 e. The summed E-state index contributed by atoms with van der Waals surface area (Å²) < 4.78 is 0. The monoisotopic (exact) mass is 282 g/mol. The molecule has 112 valence electrons. The molecule has 1 aromatic rings. The molecule has 21 heavy (non-hydrogen) atoms. The van der Waals surface area contributed by atoms with Crippen molar-refractivity contribution in [3.8, 4) is 0 Å². The van der Waals surface area contributed by atoms with Gasteiger partial charge in [0.05, 0.1) is 0 Å². The summed E-state index contributed by atoms with van der Waals surface area (Å²) >= 11 is 0. The van der Waals surface area contributed by atoms with E-state index in [4.69, 9.17) is 0 Å². The highest BCUT2D eigenvalue weighted by Gasteiger charge is 2.22. The maximum absolute atomic E-state index is 12.0. The number of benzene rings is 1. The number of hydrogen-bond donors (Lipinski definition) is 0. The molecule has 0 fully saturated rings. The normalized spacial score (nSPS) is 19.6. The van der Waals surface area contributed by atoms with Crippen molar-refractivity contribution in [2.24, 2.45) is 5.92 Å². The number of unbranched alkanes of at least 4 members (excludes halogenated alkanes) is 5. The van der Waals surface area contributed by atoms with Gasteiger partial charge in [-0.3, -0.25) is 4.79 Å². The van der Waals surface area contributed by atoms with Gasteiger partial charge in [0.25, 0.3) is 0 Å². The number of ketones is 1. The summed E-state index contributed by atoms with van der Waals surface area (Å²) in [5, 5.41) is 0. The zero-order valence-electron chi connectivity index (χ0n) is 13.1. The minimum atomic E-state index is 0.190. The smallest absolute Gasteiger partial charge is 0.182 e. The van der Waals surface area contributed by atoms with Gasteiger partial charge in [-0.1, -0.05) is 81.9 Å². The molecule has 1 aliphatic rings. The first-order valence-electron chi connectivity index (χ1n) is 8.30. The van der Waals surface area contributed by atoms with E-state index in [9.17, 15) is 4.79 Å². The number of allylic oxidation sites excluding steroid dienone is 3. The van der Waals surface area contributed by atoms with Crippen LogP contribution in [0.3, 0.4) is 0 Å². The van der Waals surface area contributed by atoms with Gasteiger partial charge in [-0.25, -0.2) is 0 Å². The molecule has 1 aliphatic carbocycles. The van der Waals surface area contributed by atoms with Crippen molar-refractivity contribution in [3.05, 3.63) is 53.6 Å². The van der Waals surface area contributed by atoms with E-state index in [-0.39, 0.29) is 5.78 Å². The molecule has 1 nitrogen and oxygen atoms in total. The van der Waals surface area contributed by atoms with Crippen LogP contribution in [0.2, 0.25) is 0 Å². The molecule has 0 radical (unpaired) electrons. The summed E-state index contributed by atoms with van der Waals surface area (Å²) in [6.45, 7) is 2.25. The van der Waals surface area contributed by atoms with Crippen molar-refractivity contribution in [2.45, 2.75) is 51.9 Å². The Kier molecular flexibility index (Phi) is 6.46. The summed E-state index contributed by atoms with van der Waals surface area (Å²) in [5.41, 5.74) is 2.09. The molecule has 0 spiro atoms. The number of carbonyl (C=O) groups excluding carboxylic acids is 1. The standard InChI is InChI=1S/C20H26O/c1-2-3-4-5-6-10-13-18-14-15-20(21)19(18)16-17-11-8-7-9-12-17/h7-9,11-12,14-16,18H,2-6,10,13H2,1H3/b19-16+/t18-/m1/s1. The lowest BCUT2D eigenvalue weighted by Crippen LogP contribution is -2.03. The van der Waals surface area contributed by atoms with Crippen LogP contribution in [0.15, 0.2) is 48.1 Å². The van der Waals surface area contributed by atoms with E-state index >= 15 is 0 Å². The first-order valence-corrected chi connectivity index (χ1v) is 8.30. The van der Waals surface area contributed by atoms with Crippen molar-refractivity contribution >= 4 is 11.9 Å². The molecule has 1 aromatic carbocycles. The fourth-order valence-electron chi connectivity index (χ4n) is 2.89. The number of rotatable bonds is 8. The lowest BCUT2D eigenvalue weighted by Gasteiger charge is -2.10. The van der Waals surface area contributed by atoms with Crippen molar-refractivity contribution in [1.82, 2.24) is 0 Å². The minimum absolute atomic E-state index is 0.190. The zero-order valence-corrected chi connectivity index (χ0v) is 13.1. The molecule has 0 aliphatic heterocycles. The third kappa shape index (κ3) is 5.00. The molecule has 1 atom stereocenters. The maximum Gasteiger partial charge on any atom is 0.182 e. The van der Waals surface area contributed by atoms with Gasteiger partial charge in [0.1, 0.15) is 0 Å². The van der Waals surface area contributed by atoms with E-state index in [1.54, 1.807) is 6.08 Å². The van der Waals surface area contributed by atoms with Crippen LogP contribution < -0.4 is 0 Å². The van der Waals surface area contributed by atoms with Crippen LogP contribution in [0.5, 0.6) is 0 Å². The zero-order chi connectivity index (χ0) is 14.9. The van der Waals surface area contributed by atoms with Crippen LogP contribution in [0, 0.1) is 5.92 Å². The SMILES string of the molecule is CCCCCCCC[C@@H]1C=CC(=O)/C1=C/c1ccccc1. The average Bonchev–Trinajstić information content (AvgIpc) is 2.85. The van der Waals surface area contributed by atoms with Crippen molar-refractivity contribution < 1.29 is 4.79 Å². The maximum atomic E-state index is 12.0. The Morgan fingerprint density at radius 1 is 1.00 bits per heavy atom. The van der Waals surface area contributed by atoms with Gasteiger partial charge in [0.2, 0.25) is 0 Å². The quantitative estimate of drug-likeness (QED) is 0.449. The van der Waals surface area contributed by atoms with Crippen LogP contribution in [-0.4, -0.2) is 5.78 Å². The van der Waals surface area contributed by atoms with Crippen LogP contribution in [0.1, 0.15) is 57.4 Å². The highest BCUT2D eigenvalue weighted by Crippen LogP contribution is 2.28. The van der Waals surface area contributed by atoms with Crippen molar-refractivity contribution in [2.75, 3.05) is 0 Å². The molecule has 0 saturated carbocycles. The average molecular weight is 282 g/mol. The Morgan fingerprint density at radius 3 is 2.48 bits per heavy atom. The Morgan fingerprint density at radius 2 is 1.71 bits per heavy atom. The fraction of sp³-hybridized carbons (Fsp3) is 0.450. The first-order chi connectivity index (χ1) is 10.3. The first kappa shape index (κ1) is 15.8. The second kappa shape index (κ2) is 8.61. The Balaban J connectivity index is 1.85. The van der Waals surface area contributed by atoms with Gasteiger partial charge < -0.3 is 0 Å². The fourth-order valence-corrected chi connectivity index (χ4v) is 2.89. The van der Waals surface area contributed by atoms with Crippen molar-refractivity contribution in [3.63, 3.8) is 0 Å². The molecular weight excluding hydrogens is 256 g/mol. The summed E-state index contributed by atoms with van der Waals surface area (Å²) in [5.74, 6) is 0.513. The van der Waals surface area contributed by atoms with E-state index in [0.717, 1.165) is 17.6 Å². The number of carbonyl (C=O) groups is 1. The predicted octanol–water partition coefficient (Wildman–Crippen LogP) is 5.58. The lowest BCUT2D eigenvalue weighted by molar-refractivity contribution is -0.111. The van der Waals surface area contributed by atoms with E-state index in [1.165, 1.54) is 38.5 Å². The van der Waals surface area contributed by atoms with Gasteiger partial charge in [-0.2, -0.15) is 0 Å². The lowest BCUT2D eigenvalue weighted by atomic mass is 9.93. The molecule has 0 aromatic heterocycles. The topological polar surface area (TPSA) is 17.1 Å². The molecular formula is C20H26O. The molecule has 0 heterocycles. The van der Waals surface area contributed by atoms with Gasteiger partial charge >= 0.3 is 0 Å². The van der Waals surface area contributed by atoms with E-state index in [0.29, 0.717) is 5.92 Å². The second-order valence-corrected chi connectivity index (χ2v) is 5.90. The molecule has 1 heteroatoms. The molecule has 0 unspecified atom stereocenters. The van der Waals surface area contributed by atoms with E-state index in [2.05, 4.69) is 31.2 Å². The third-order valence-electron chi connectivity index (χ3n) is 4.15. The van der Waals surface area contributed by atoms with Crippen LogP contribution in [0.4, 0.5) is 0 Å². The summed E-state index contributed by atoms with van der Waals surface area (Å²) in [7, 11) is 0. The molecule has 0 amide bonds. The van der Waals surface area contributed by atoms with Crippen LogP contribution in [0.25, 0.3) is 6.08 Å². The highest BCUT2D eigenvalue weighted by atomic mass is 16.1. The van der Waals surface area contributed by atoms with Crippen molar-refractivity contribution in [1.29, 1.82) is 0 Å². The molecule has 0 saturated heterocycles. The third-order valence-corrected chi connectivity index (χ3v) is 4.15. The van der Waals surface area contributed by atoms with E-state index in [1.807, 2.05) is 18.2 Å². The highest BCUT2D eigenvalue weighted by molar-refractivity contribution is 6.10. The second-order valence-electron chi connectivity index (χ2n) is 5.90. The molecule has 0 N–H and O–H groups in total. The Bertz CT molecular complexity index is 496. The van der Waals surface area contributed by atoms with Gasteiger partial charge in [0.15, 0.2) is 5.78 Å². The predicted molar refractivity (Wildman–Crippen MR) is 90.0 cm³/mol. The largest absolute Gasteiger partial charge is 0.290 e. The number of hydrogen-bond acceptors (Lipinski definition) is 1. The summed E-state index contributed by atoms with van der Waals surface area (Å²) in [6, 6.07) is 10.1. The Labute approximate surface area is 128 Å². The molecule has 2 rings (SSSR count). The van der Waals surface area contributed by atoms with Gasteiger partial charge in [-0.15, -0.1) is 0 Å². The summed E-state index contributed by atoms with van der Waals surface area (Å²) in [6.07, 6.45) is 14.8. The van der Waals surface area contributed by atoms with Crippen LogP contribution in [-0.2, 0) is 4.79 Å². The summed E-state index contributed by atoms with van der Waals surface area (Å²) in [4.78, 5) is 12.0. The van der Waals surface area contributed by atoms with Crippen LogP contribution >= 0.6 is 0 Å². The Hall–Kier alpha value is -1.63. The van der Waals surface area contributed by atoms with Gasteiger partial charge in [0, 0.05) is 11.5 Å².